The van der Waals surface area contributed by atoms with Gasteiger partial charge in [-0.3, -0.25) is 14.2 Å². The monoisotopic (exact) mass is 300 g/mol. The van der Waals surface area contributed by atoms with Gasteiger partial charge >= 0.3 is 5.69 Å². The molecule has 0 bridgehead atoms. The van der Waals surface area contributed by atoms with Gasteiger partial charge in [-0.1, -0.05) is 12.1 Å². The maximum Gasteiger partial charge on any atom is 0.330 e. The van der Waals surface area contributed by atoms with E-state index in [9.17, 15) is 14.4 Å². The fraction of sp³-hybridized carbons (Fsp3) is 0.267. The van der Waals surface area contributed by atoms with E-state index in [1.807, 2.05) is 17.0 Å². The van der Waals surface area contributed by atoms with Crippen molar-refractivity contribution in [2.75, 3.05) is 11.9 Å². The van der Waals surface area contributed by atoms with Crippen LogP contribution in [-0.4, -0.2) is 22.1 Å². The third-order valence-corrected chi connectivity index (χ3v) is 3.95. The first-order chi connectivity index (χ1) is 10.4. The number of rotatable bonds is 1. The molecule has 0 saturated carbocycles. The molecular weight excluding hydrogens is 284 g/mol. The third-order valence-electron chi connectivity index (χ3n) is 3.95. The summed E-state index contributed by atoms with van der Waals surface area (Å²) >= 11 is 0. The Bertz CT molecular complexity index is 881. The van der Waals surface area contributed by atoms with Crippen LogP contribution in [0.2, 0.25) is 0 Å². The first kappa shape index (κ1) is 14.1. The van der Waals surface area contributed by atoms with Crippen LogP contribution in [0.3, 0.4) is 0 Å². The number of benzene rings is 1. The molecule has 1 aromatic carbocycles. The van der Waals surface area contributed by atoms with E-state index >= 15 is 0 Å². The minimum Gasteiger partial charge on any atom is -0.350 e. The highest BCUT2D eigenvalue weighted by atomic mass is 16.2. The second-order valence-electron chi connectivity index (χ2n) is 5.35. The van der Waals surface area contributed by atoms with Crippen molar-refractivity contribution in [3.8, 4) is 0 Å². The minimum atomic E-state index is -0.618. The van der Waals surface area contributed by atoms with E-state index in [1.54, 1.807) is 26.2 Å². The topological polar surface area (TPSA) is 76.3 Å². The third kappa shape index (κ3) is 1.93. The van der Waals surface area contributed by atoms with Gasteiger partial charge in [-0.15, -0.1) is 0 Å². The van der Waals surface area contributed by atoms with E-state index in [-0.39, 0.29) is 5.91 Å². The smallest absolute Gasteiger partial charge is 0.330 e. The first-order valence-electron chi connectivity index (χ1n) is 6.81. The Balaban J connectivity index is 2.18. The van der Waals surface area contributed by atoms with Crippen molar-refractivity contribution in [3.05, 3.63) is 62.4 Å². The largest absolute Gasteiger partial charge is 0.350 e. The molecule has 3 rings (SSSR count). The number of amides is 1. The van der Waals surface area contributed by atoms with Crippen molar-refractivity contribution in [3.63, 3.8) is 0 Å². The van der Waals surface area contributed by atoms with Crippen LogP contribution in [0.5, 0.6) is 0 Å². The van der Waals surface area contributed by atoms with Gasteiger partial charge in [0, 0.05) is 27.3 Å². The average molecular weight is 300 g/mol. The van der Waals surface area contributed by atoms with Crippen LogP contribution < -0.4 is 21.5 Å². The molecule has 0 fully saturated rings. The summed E-state index contributed by atoms with van der Waals surface area (Å²) in [5.41, 5.74) is 0.823. The van der Waals surface area contributed by atoms with Gasteiger partial charge in [-0.25, -0.2) is 4.79 Å². The van der Waals surface area contributed by atoms with Crippen LogP contribution in [0, 0.1) is 0 Å². The average Bonchev–Trinajstić information content (AvgIpc) is 2.52. The number of carbonyl (C=O) groups excluding carboxylic acids is 1. The van der Waals surface area contributed by atoms with Crippen LogP contribution >= 0.6 is 0 Å². The van der Waals surface area contributed by atoms with Crippen molar-refractivity contribution in [2.24, 2.45) is 14.1 Å². The van der Waals surface area contributed by atoms with Gasteiger partial charge in [-0.2, -0.15) is 0 Å². The Morgan fingerprint density at radius 3 is 2.45 bits per heavy atom. The maximum atomic E-state index is 12.4. The highest BCUT2D eigenvalue weighted by Crippen LogP contribution is 2.29. The summed E-state index contributed by atoms with van der Waals surface area (Å²) in [6.45, 7) is 0. The zero-order chi connectivity index (χ0) is 16.0. The molecule has 0 spiro atoms. The zero-order valence-corrected chi connectivity index (χ0v) is 12.5. The Morgan fingerprint density at radius 2 is 1.73 bits per heavy atom. The summed E-state index contributed by atoms with van der Waals surface area (Å²) in [6, 6.07) is 7.19. The summed E-state index contributed by atoms with van der Waals surface area (Å²) in [7, 11) is 4.80. The van der Waals surface area contributed by atoms with Crippen molar-refractivity contribution in [2.45, 2.75) is 6.17 Å². The quantitative estimate of drug-likeness (QED) is 0.802. The Hall–Kier alpha value is -2.83. The Morgan fingerprint density at radius 1 is 1.05 bits per heavy atom. The van der Waals surface area contributed by atoms with Crippen molar-refractivity contribution in [1.29, 1.82) is 0 Å². The van der Waals surface area contributed by atoms with Gasteiger partial charge in [0.25, 0.3) is 11.5 Å². The van der Waals surface area contributed by atoms with E-state index in [1.165, 1.54) is 17.8 Å². The summed E-state index contributed by atoms with van der Waals surface area (Å²) in [6.07, 6.45) is 0.855. The zero-order valence-electron chi connectivity index (χ0n) is 12.5. The number of aryl methyl sites for hydroxylation is 1. The predicted octanol–water partition coefficient (Wildman–Crippen LogP) is -0.0376. The highest BCUT2D eigenvalue weighted by Gasteiger charge is 2.31. The molecule has 0 unspecified atom stereocenters. The minimum absolute atomic E-state index is 0.241. The molecule has 2 heterocycles. The summed E-state index contributed by atoms with van der Waals surface area (Å²) in [5, 5.41) is 2.81. The molecule has 7 heteroatoms. The lowest BCUT2D eigenvalue weighted by Crippen LogP contribution is -2.49. The second-order valence-corrected chi connectivity index (χ2v) is 5.35. The van der Waals surface area contributed by atoms with Gasteiger partial charge in [0.1, 0.15) is 6.17 Å². The number of nitrogens with zero attached hydrogens (tertiary/aromatic N) is 3. The Labute approximate surface area is 126 Å². The summed E-state index contributed by atoms with van der Waals surface area (Å²) in [5.74, 6) is -0.241. The molecule has 2 aromatic rings. The van der Waals surface area contributed by atoms with Crippen LogP contribution in [-0.2, 0) is 14.1 Å². The number of nitrogens with one attached hydrogen (secondary N) is 1. The molecule has 1 aliphatic rings. The number of hydrogen-bond acceptors (Lipinski definition) is 4. The standard InChI is InChI=1S/C15H16N4O3/c1-17-8-10(14(21)19(3)15(17)22)12-16-13(20)9-6-4-5-7-11(9)18(12)2/h4-8,12H,1-3H3,(H,16,20)/t12-/m0/s1. The molecular formula is C15H16N4O3. The molecule has 22 heavy (non-hydrogen) atoms. The number of carbonyl (C=O) groups is 1. The Kier molecular flexibility index (Phi) is 3.13. The first-order valence-corrected chi connectivity index (χ1v) is 6.81. The van der Waals surface area contributed by atoms with Gasteiger partial charge in [-0.05, 0) is 12.1 Å². The molecule has 1 amide bonds. The summed E-state index contributed by atoms with van der Waals surface area (Å²) < 4.78 is 2.37. The maximum absolute atomic E-state index is 12.4. The lowest BCUT2D eigenvalue weighted by atomic mass is 10.1. The number of hydrogen-bond donors (Lipinski definition) is 1. The van der Waals surface area contributed by atoms with Crippen LogP contribution in [0.15, 0.2) is 40.1 Å². The van der Waals surface area contributed by atoms with Gasteiger partial charge in [0.15, 0.2) is 0 Å². The van der Waals surface area contributed by atoms with Gasteiger partial charge < -0.3 is 14.8 Å². The highest BCUT2D eigenvalue weighted by molar-refractivity contribution is 6.01. The molecule has 114 valence electrons. The molecule has 0 aliphatic carbocycles. The fourth-order valence-electron chi connectivity index (χ4n) is 2.72. The van der Waals surface area contributed by atoms with E-state index in [4.69, 9.17) is 0 Å². The number of para-hydroxylation sites is 1. The van der Waals surface area contributed by atoms with E-state index in [2.05, 4.69) is 5.32 Å². The van der Waals surface area contributed by atoms with Crippen LogP contribution in [0.1, 0.15) is 22.1 Å². The number of aromatic nitrogens is 2. The molecule has 7 nitrogen and oxygen atoms in total. The van der Waals surface area contributed by atoms with Gasteiger partial charge in [0.2, 0.25) is 0 Å². The normalized spacial score (nSPS) is 17.1. The lowest BCUT2D eigenvalue weighted by Gasteiger charge is -2.36. The number of fused-ring (bicyclic) bond motifs is 1. The lowest BCUT2D eigenvalue weighted by molar-refractivity contribution is 0.0927. The summed E-state index contributed by atoms with van der Waals surface area (Å²) in [4.78, 5) is 38.2. The van der Waals surface area contributed by atoms with E-state index in [0.717, 1.165) is 10.3 Å². The molecule has 1 aromatic heterocycles. The van der Waals surface area contributed by atoms with Crippen molar-refractivity contribution in [1.82, 2.24) is 14.5 Å². The SMILES string of the molecule is CN1c2ccccc2C(=O)N[C@@H]1c1cn(C)c(=O)n(C)c1=O. The molecule has 0 radical (unpaired) electrons. The predicted molar refractivity (Wildman–Crippen MR) is 82.0 cm³/mol. The molecule has 1 atom stereocenters. The molecule has 1 N–H and O–H groups in total. The van der Waals surface area contributed by atoms with Crippen LogP contribution in [0.4, 0.5) is 5.69 Å². The molecule has 0 saturated heterocycles. The fourth-order valence-corrected chi connectivity index (χ4v) is 2.72. The molecule has 1 aliphatic heterocycles. The number of anilines is 1. The van der Waals surface area contributed by atoms with Crippen molar-refractivity contribution >= 4 is 11.6 Å². The van der Waals surface area contributed by atoms with Gasteiger partial charge in [0.05, 0.1) is 16.8 Å². The second kappa shape index (κ2) is 4.87. The van der Waals surface area contributed by atoms with Crippen LogP contribution in [0.25, 0.3) is 0 Å². The van der Waals surface area contributed by atoms with E-state index in [0.29, 0.717) is 11.1 Å². The van der Waals surface area contributed by atoms with Crippen molar-refractivity contribution < 1.29 is 4.79 Å². The van der Waals surface area contributed by atoms with E-state index < -0.39 is 17.4 Å².